The van der Waals surface area contributed by atoms with Gasteiger partial charge < -0.3 is 10.4 Å². The van der Waals surface area contributed by atoms with Crippen LogP contribution in [0.15, 0.2) is 36.5 Å². The molecule has 0 saturated heterocycles. The topological polar surface area (TPSA) is 79.3 Å². The number of benzene rings is 1. The van der Waals surface area contributed by atoms with Crippen LogP contribution in [0, 0.1) is 5.82 Å². The van der Waals surface area contributed by atoms with Crippen molar-refractivity contribution in [3.8, 4) is 16.9 Å². The molecule has 0 saturated carbocycles. The number of amides is 1. The molecule has 0 unspecified atom stereocenters. The minimum absolute atomic E-state index is 0.0299. The summed E-state index contributed by atoms with van der Waals surface area (Å²) >= 11 is 0. The molecule has 6 heteroatoms. The number of carbonyl (C=O) groups excluding carboxylic acids is 2. The van der Waals surface area contributed by atoms with Crippen LogP contribution in [0.3, 0.4) is 0 Å². The van der Waals surface area contributed by atoms with Crippen LogP contribution in [-0.2, 0) is 4.79 Å². The number of aromatic nitrogens is 1. The molecule has 2 N–H and O–H groups in total. The molecule has 5 nitrogen and oxygen atoms in total. The number of nitrogens with zero attached hydrogens (tertiary/aromatic N) is 1. The molecule has 0 aliphatic rings. The van der Waals surface area contributed by atoms with E-state index in [1.165, 1.54) is 31.4 Å². The van der Waals surface area contributed by atoms with Crippen LogP contribution < -0.4 is 5.32 Å². The van der Waals surface area contributed by atoms with Crippen molar-refractivity contribution in [2.45, 2.75) is 12.8 Å². The number of halogens is 1. The van der Waals surface area contributed by atoms with Gasteiger partial charge in [-0.3, -0.25) is 9.59 Å². The summed E-state index contributed by atoms with van der Waals surface area (Å²) in [5.41, 5.74) is 0.955. The van der Waals surface area contributed by atoms with Crippen LogP contribution in [0.25, 0.3) is 11.1 Å². The van der Waals surface area contributed by atoms with E-state index in [1.54, 1.807) is 12.1 Å². The van der Waals surface area contributed by atoms with Gasteiger partial charge in [0.1, 0.15) is 17.3 Å². The van der Waals surface area contributed by atoms with Crippen LogP contribution in [0.1, 0.15) is 23.3 Å². The maximum atomic E-state index is 13.2. The number of hydrogen-bond donors (Lipinski definition) is 2. The van der Waals surface area contributed by atoms with Gasteiger partial charge in [-0.2, -0.15) is 0 Å². The predicted octanol–water partition coefficient (Wildman–Crippen LogP) is 2.30. The minimum Gasteiger partial charge on any atom is -0.506 e. The third-order valence-electron chi connectivity index (χ3n) is 3.15. The van der Waals surface area contributed by atoms with Gasteiger partial charge in [-0.1, -0.05) is 12.1 Å². The smallest absolute Gasteiger partial charge is 0.220 e. The molecule has 1 heterocycles. The Morgan fingerprint density at radius 3 is 2.64 bits per heavy atom. The van der Waals surface area contributed by atoms with E-state index < -0.39 is 11.6 Å². The Kier molecular flexibility index (Phi) is 4.83. The summed E-state index contributed by atoms with van der Waals surface area (Å²) in [7, 11) is 1.48. The molecule has 0 bridgehead atoms. The fourth-order valence-electron chi connectivity index (χ4n) is 1.96. The van der Waals surface area contributed by atoms with Gasteiger partial charge in [-0.15, -0.1) is 0 Å². The van der Waals surface area contributed by atoms with Crippen LogP contribution >= 0.6 is 0 Å². The highest BCUT2D eigenvalue weighted by atomic mass is 19.1. The molecule has 2 rings (SSSR count). The summed E-state index contributed by atoms with van der Waals surface area (Å²) in [5.74, 6) is -1.37. The molecule has 114 valence electrons. The highest BCUT2D eigenvalue weighted by molar-refractivity contribution is 5.98. The average molecular weight is 302 g/mol. The number of aromatic hydroxyl groups is 1. The number of ketones is 1. The van der Waals surface area contributed by atoms with Crippen molar-refractivity contribution in [2.75, 3.05) is 7.05 Å². The lowest BCUT2D eigenvalue weighted by atomic mass is 10.0. The van der Waals surface area contributed by atoms with E-state index in [0.717, 1.165) is 0 Å². The van der Waals surface area contributed by atoms with Gasteiger partial charge in [0.05, 0.1) is 0 Å². The molecular weight excluding hydrogens is 287 g/mol. The summed E-state index contributed by atoms with van der Waals surface area (Å²) in [4.78, 5) is 27.0. The maximum absolute atomic E-state index is 13.2. The molecule has 22 heavy (non-hydrogen) atoms. The first-order chi connectivity index (χ1) is 10.5. The molecule has 2 aromatic rings. The minimum atomic E-state index is -0.424. The second kappa shape index (κ2) is 6.80. The Bertz CT molecular complexity index is 716. The van der Waals surface area contributed by atoms with Gasteiger partial charge in [-0.05, 0) is 23.8 Å². The molecule has 1 aromatic heterocycles. The number of carbonyl (C=O) groups is 2. The first kappa shape index (κ1) is 15.6. The largest absolute Gasteiger partial charge is 0.506 e. The normalized spacial score (nSPS) is 10.3. The van der Waals surface area contributed by atoms with Gasteiger partial charge in [0.2, 0.25) is 5.91 Å². The van der Waals surface area contributed by atoms with Gasteiger partial charge in [0, 0.05) is 31.6 Å². The molecule has 0 radical (unpaired) electrons. The fraction of sp³-hybridized carbons (Fsp3) is 0.188. The van der Waals surface area contributed by atoms with Gasteiger partial charge in [0.25, 0.3) is 0 Å². The first-order valence-electron chi connectivity index (χ1n) is 6.70. The standard InChI is InChI=1S/C16H15FN2O3/c1-18-15(22)6-5-13(20)16-14(21)8-11(9-19-16)10-3-2-4-12(17)7-10/h2-4,7-9,21H,5-6H2,1H3,(H,18,22). The Balaban J connectivity index is 2.19. The molecule has 0 atom stereocenters. The summed E-state index contributed by atoms with van der Waals surface area (Å²) in [6.45, 7) is 0. The number of pyridine rings is 1. The fourth-order valence-corrected chi connectivity index (χ4v) is 1.96. The summed E-state index contributed by atoms with van der Waals surface area (Å²) < 4.78 is 13.2. The number of Topliss-reactive ketones (excluding diaryl/α,β-unsaturated/α-hetero) is 1. The van der Waals surface area contributed by atoms with E-state index in [1.807, 2.05) is 0 Å². The van der Waals surface area contributed by atoms with E-state index in [-0.39, 0.29) is 30.2 Å². The van der Waals surface area contributed by atoms with Crippen molar-refractivity contribution in [3.05, 3.63) is 48.0 Å². The summed E-state index contributed by atoms with van der Waals surface area (Å²) in [5, 5.41) is 12.3. The van der Waals surface area contributed by atoms with Gasteiger partial charge in [-0.25, -0.2) is 9.37 Å². The van der Waals surface area contributed by atoms with Crippen molar-refractivity contribution in [1.82, 2.24) is 10.3 Å². The lowest BCUT2D eigenvalue weighted by Crippen LogP contribution is -2.18. The predicted molar refractivity (Wildman–Crippen MR) is 78.9 cm³/mol. The first-order valence-corrected chi connectivity index (χ1v) is 6.70. The van der Waals surface area contributed by atoms with E-state index in [4.69, 9.17) is 0 Å². The lowest BCUT2D eigenvalue weighted by Gasteiger charge is -2.06. The van der Waals surface area contributed by atoms with E-state index in [2.05, 4.69) is 10.3 Å². The Hall–Kier alpha value is -2.76. The second-order valence-corrected chi connectivity index (χ2v) is 4.70. The number of nitrogens with one attached hydrogen (secondary N) is 1. The lowest BCUT2D eigenvalue weighted by molar-refractivity contribution is -0.120. The number of hydrogen-bond acceptors (Lipinski definition) is 4. The van der Waals surface area contributed by atoms with Crippen LogP contribution in [-0.4, -0.2) is 28.8 Å². The zero-order chi connectivity index (χ0) is 16.1. The summed E-state index contributed by atoms with van der Waals surface area (Å²) in [6.07, 6.45) is 1.38. The van der Waals surface area contributed by atoms with Gasteiger partial charge >= 0.3 is 0 Å². The van der Waals surface area contributed by atoms with Crippen molar-refractivity contribution >= 4 is 11.7 Å². The Morgan fingerprint density at radius 1 is 1.23 bits per heavy atom. The van der Waals surface area contributed by atoms with Crippen molar-refractivity contribution < 1.29 is 19.1 Å². The molecule has 1 amide bonds. The molecule has 0 fully saturated rings. The third kappa shape index (κ3) is 3.66. The summed E-state index contributed by atoms with van der Waals surface area (Å²) in [6, 6.07) is 7.20. The Morgan fingerprint density at radius 2 is 2.00 bits per heavy atom. The SMILES string of the molecule is CNC(=O)CCC(=O)c1ncc(-c2cccc(F)c2)cc1O. The molecule has 1 aromatic carbocycles. The zero-order valence-corrected chi connectivity index (χ0v) is 12.0. The van der Waals surface area contributed by atoms with Crippen LogP contribution in [0.2, 0.25) is 0 Å². The highest BCUT2D eigenvalue weighted by Crippen LogP contribution is 2.26. The molecule has 0 spiro atoms. The van der Waals surface area contributed by atoms with E-state index >= 15 is 0 Å². The molecular formula is C16H15FN2O3. The highest BCUT2D eigenvalue weighted by Gasteiger charge is 2.15. The second-order valence-electron chi connectivity index (χ2n) is 4.70. The monoisotopic (exact) mass is 302 g/mol. The van der Waals surface area contributed by atoms with E-state index in [0.29, 0.717) is 11.1 Å². The quantitative estimate of drug-likeness (QED) is 0.831. The molecule has 0 aliphatic carbocycles. The van der Waals surface area contributed by atoms with Gasteiger partial charge in [0.15, 0.2) is 5.78 Å². The van der Waals surface area contributed by atoms with Crippen molar-refractivity contribution in [1.29, 1.82) is 0 Å². The van der Waals surface area contributed by atoms with Crippen LogP contribution in [0.4, 0.5) is 4.39 Å². The van der Waals surface area contributed by atoms with E-state index in [9.17, 15) is 19.1 Å². The maximum Gasteiger partial charge on any atom is 0.220 e. The average Bonchev–Trinajstić information content (AvgIpc) is 2.52. The van der Waals surface area contributed by atoms with Crippen molar-refractivity contribution in [2.24, 2.45) is 0 Å². The van der Waals surface area contributed by atoms with Crippen molar-refractivity contribution in [3.63, 3.8) is 0 Å². The third-order valence-corrected chi connectivity index (χ3v) is 3.15. The van der Waals surface area contributed by atoms with Crippen LogP contribution in [0.5, 0.6) is 5.75 Å². The number of rotatable bonds is 5. The molecule has 0 aliphatic heterocycles. The zero-order valence-electron chi connectivity index (χ0n) is 12.0. The Labute approximate surface area is 126 Å².